The molecule has 0 heterocycles. The van der Waals surface area contributed by atoms with E-state index < -0.39 is 10.8 Å². The summed E-state index contributed by atoms with van der Waals surface area (Å²) in [6, 6.07) is 9.91. The Bertz CT molecular complexity index is 813. The van der Waals surface area contributed by atoms with E-state index in [0.29, 0.717) is 11.3 Å². The minimum Gasteiger partial charge on any atom is -0.483 e. The molecule has 7 nitrogen and oxygen atoms in total. The van der Waals surface area contributed by atoms with Gasteiger partial charge in [-0.1, -0.05) is 28.1 Å². The van der Waals surface area contributed by atoms with Crippen LogP contribution in [-0.4, -0.2) is 23.7 Å². The summed E-state index contributed by atoms with van der Waals surface area (Å²) in [6.07, 6.45) is 1.23. The molecule has 0 atom stereocenters. The molecule has 2 aromatic rings. The number of amides is 1. The predicted molar refractivity (Wildman–Crippen MR) is 97.9 cm³/mol. The van der Waals surface area contributed by atoms with Gasteiger partial charge >= 0.3 is 0 Å². The summed E-state index contributed by atoms with van der Waals surface area (Å²) in [5, 5.41) is 14.6. The molecule has 0 aliphatic heterocycles. The van der Waals surface area contributed by atoms with Gasteiger partial charge in [0.2, 0.25) is 0 Å². The largest absolute Gasteiger partial charge is 0.483 e. The molecule has 0 aliphatic rings. The fourth-order valence-corrected chi connectivity index (χ4v) is 2.92. The lowest BCUT2D eigenvalue weighted by molar-refractivity contribution is -0.385. The number of aryl methyl sites for hydroxylation is 2. The molecule has 0 spiro atoms. The van der Waals surface area contributed by atoms with E-state index in [0.717, 1.165) is 15.6 Å². The first kappa shape index (κ1) is 18.6. The van der Waals surface area contributed by atoms with Crippen molar-refractivity contribution in [3.63, 3.8) is 0 Å². The number of nitro benzene ring substituents is 1. The van der Waals surface area contributed by atoms with Crippen LogP contribution >= 0.6 is 15.9 Å². The quantitative estimate of drug-likeness (QED) is 0.451. The van der Waals surface area contributed by atoms with Crippen molar-refractivity contribution >= 4 is 33.7 Å². The van der Waals surface area contributed by atoms with Gasteiger partial charge in [-0.05, 0) is 43.2 Å². The molecule has 0 bridgehead atoms. The molecule has 0 saturated carbocycles. The second-order valence-electron chi connectivity index (χ2n) is 5.27. The molecule has 2 aromatic carbocycles. The number of carbonyl (C=O) groups excluding carboxylic acids is 1. The molecule has 0 aromatic heterocycles. The number of benzene rings is 2. The Labute approximate surface area is 153 Å². The molecule has 1 N–H and O–H groups in total. The number of halogens is 1. The molecule has 2 rings (SSSR count). The van der Waals surface area contributed by atoms with Crippen LogP contribution in [0.1, 0.15) is 16.7 Å². The van der Waals surface area contributed by atoms with Crippen molar-refractivity contribution in [3.05, 3.63) is 67.7 Å². The molecule has 0 saturated heterocycles. The lowest BCUT2D eigenvalue weighted by atomic mass is 10.1. The van der Waals surface area contributed by atoms with E-state index in [4.69, 9.17) is 4.74 Å². The fourth-order valence-electron chi connectivity index (χ4n) is 2.23. The van der Waals surface area contributed by atoms with Gasteiger partial charge in [-0.15, -0.1) is 0 Å². The fraction of sp³-hybridized carbons (Fsp3) is 0.176. The number of nitrogens with zero attached hydrogens (tertiary/aromatic N) is 2. The van der Waals surface area contributed by atoms with Crippen molar-refractivity contribution < 1.29 is 14.5 Å². The summed E-state index contributed by atoms with van der Waals surface area (Å²) < 4.78 is 6.47. The highest BCUT2D eigenvalue weighted by molar-refractivity contribution is 9.10. The summed E-state index contributed by atoms with van der Waals surface area (Å²) in [5.41, 5.74) is 4.32. The molecule has 1 amide bonds. The van der Waals surface area contributed by atoms with Crippen LogP contribution in [-0.2, 0) is 4.79 Å². The molecule has 0 aliphatic carbocycles. The van der Waals surface area contributed by atoms with Crippen molar-refractivity contribution in [2.45, 2.75) is 13.8 Å². The Kier molecular flexibility index (Phi) is 6.24. The first-order chi connectivity index (χ1) is 11.9. The first-order valence-electron chi connectivity index (χ1n) is 7.33. The van der Waals surface area contributed by atoms with Crippen molar-refractivity contribution in [1.82, 2.24) is 5.43 Å². The zero-order valence-corrected chi connectivity index (χ0v) is 15.2. The lowest BCUT2D eigenvalue weighted by Gasteiger charge is -2.11. The maximum absolute atomic E-state index is 11.8. The Hall–Kier alpha value is -2.74. The van der Waals surface area contributed by atoms with Gasteiger partial charge in [-0.2, -0.15) is 5.10 Å². The van der Waals surface area contributed by atoms with Gasteiger partial charge < -0.3 is 4.74 Å². The predicted octanol–water partition coefficient (Wildman–Crippen LogP) is 3.50. The monoisotopic (exact) mass is 405 g/mol. The van der Waals surface area contributed by atoms with E-state index in [2.05, 4.69) is 26.5 Å². The van der Waals surface area contributed by atoms with Crippen LogP contribution in [0, 0.1) is 24.0 Å². The molecular weight excluding hydrogens is 390 g/mol. The van der Waals surface area contributed by atoms with Gasteiger partial charge in [0.25, 0.3) is 11.6 Å². The molecule has 0 unspecified atom stereocenters. The average Bonchev–Trinajstić information content (AvgIpc) is 2.54. The second-order valence-corrected chi connectivity index (χ2v) is 6.18. The van der Waals surface area contributed by atoms with Crippen molar-refractivity contribution in [3.8, 4) is 5.75 Å². The van der Waals surface area contributed by atoms with Crippen molar-refractivity contribution in [1.29, 1.82) is 0 Å². The number of hydrogen-bond acceptors (Lipinski definition) is 5. The molecule has 0 fully saturated rings. The summed E-state index contributed by atoms with van der Waals surface area (Å²) in [5.74, 6) is 0.178. The van der Waals surface area contributed by atoms with Crippen LogP contribution < -0.4 is 10.2 Å². The van der Waals surface area contributed by atoms with E-state index in [1.165, 1.54) is 12.3 Å². The molecule has 8 heteroatoms. The third-order valence-corrected chi connectivity index (χ3v) is 3.76. The molecule has 130 valence electrons. The van der Waals surface area contributed by atoms with E-state index in [1.54, 1.807) is 18.2 Å². The summed E-state index contributed by atoms with van der Waals surface area (Å²) >= 11 is 3.40. The van der Waals surface area contributed by atoms with Gasteiger partial charge in [0, 0.05) is 10.5 Å². The van der Waals surface area contributed by atoms with E-state index in [1.807, 2.05) is 26.0 Å². The van der Waals surface area contributed by atoms with Crippen LogP contribution in [0.5, 0.6) is 5.75 Å². The first-order valence-corrected chi connectivity index (χ1v) is 8.12. The SMILES string of the molecule is Cc1cc(Br)cc(C)c1OCC(=O)N/N=C/c1ccccc1[N+](=O)[O-]. The highest BCUT2D eigenvalue weighted by atomic mass is 79.9. The van der Waals surface area contributed by atoms with Crippen LogP contribution in [0.3, 0.4) is 0 Å². The van der Waals surface area contributed by atoms with Crippen LogP contribution in [0.25, 0.3) is 0 Å². The minimum absolute atomic E-state index is 0.0853. The Morgan fingerprint density at radius 3 is 2.60 bits per heavy atom. The maximum Gasteiger partial charge on any atom is 0.278 e. The number of hydrogen-bond donors (Lipinski definition) is 1. The molecule has 25 heavy (non-hydrogen) atoms. The number of nitrogens with one attached hydrogen (secondary N) is 1. The van der Waals surface area contributed by atoms with E-state index >= 15 is 0 Å². The number of hydrazone groups is 1. The lowest BCUT2D eigenvalue weighted by Crippen LogP contribution is -2.25. The highest BCUT2D eigenvalue weighted by Gasteiger charge is 2.11. The molecule has 0 radical (unpaired) electrons. The van der Waals surface area contributed by atoms with Crippen LogP contribution in [0.2, 0.25) is 0 Å². The summed E-state index contributed by atoms with van der Waals surface area (Å²) in [6.45, 7) is 3.56. The minimum atomic E-state index is -0.509. The number of rotatable bonds is 6. The van der Waals surface area contributed by atoms with E-state index in [-0.39, 0.29) is 12.3 Å². The van der Waals surface area contributed by atoms with Crippen LogP contribution in [0.15, 0.2) is 46.0 Å². The third-order valence-electron chi connectivity index (χ3n) is 3.30. The third kappa shape index (κ3) is 5.12. The van der Waals surface area contributed by atoms with E-state index in [9.17, 15) is 14.9 Å². The number of para-hydroxylation sites is 1. The zero-order chi connectivity index (χ0) is 18.4. The second kappa shape index (κ2) is 8.39. The van der Waals surface area contributed by atoms with Gasteiger partial charge in [-0.3, -0.25) is 14.9 Å². The normalized spacial score (nSPS) is 10.7. The number of carbonyl (C=O) groups is 1. The standard InChI is InChI=1S/C17H16BrN3O4/c1-11-7-14(18)8-12(2)17(11)25-10-16(22)20-19-9-13-5-3-4-6-15(13)21(23)24/h3-9H,10H2,1-2H3,(H,20,22)/b19-9+. The Balaban J connectivity index is 1.95. The van der Waals surface area contributed by atoms with Crippen molar-refractivity contribution in [2.75, 3.05) is 6.61 Å². The highest BCUT2D eigenvalue weighted by Crippen LogP contribution is 2.27. The molecular formula is C17H16BrN3O4. The van der Waals surface area contributed by atoms with Gasteiger partial charge in [0.1, 0.15) is 5.75 Å². The van der Waals surface area contributed by atoms with Gasteiger partial charge in [0.15, 0.2) is 6.61 Å². The topological polar surface area (TPSA) is 93.8 Å². The van der Waals surface area contributed by atoms with Crippen molar-refractivity contribution in [2.24, 2.45) is 5.10 Å². The number of ether oxygens (including phenoxy) is 1. The average molecular weight is 406 g/mol. The number of nitro groups is 1. The zero-order valence-electron chi connectivity index (χ0n) is 13.7. The Morgan fingerprint density at radius 1 is 1.32 bits per heavy atom. The van der Waals surface area contributed by atoms with Gasteiger partial charge in [-0.25, -0.2) is 5.43 Å². The summed E-state index contributed by atoms with van der Waals surface area (Å²) in [4.78, 5) is 22.2. The summed E-state index contributed by atoms with van der Waals surface area (Å²) in [7, 11) is 0. The van der Waals surface area contributed by atoms with Gasteiger partial charge in [0.05, 0.1) is 16.7 Å². The van der Waals surface area contributed by atoms with Crippen LogP contribution in [0.4, 0.5) is 5.69 Å². The Morgan fingerprint density at radius 2 is 1.96 bits per heavy atom. The maximum atomic E-state index is 11.8. The smallest absolute Gasteiger partial charge is 0.278 e.